The van der Waals surface area contributed by atoms with Crippen LogP contribution in [0.4, 0.5) is 0 Å². The van der Waals surface area contributed by atoms with Crippen LogP contribution in [0.15, 0.2) is 30.3 Å². The zero-order chi connectivity index (χ0) is 22.3. The number of esters is 1. The molecule has 0 saturated carbocycles. The second-order valence-corrected chi connectivity index (χ2v) is 10.2. The summed E-state index contributed by atoms with van der Waals surface area (Å²) < 4.78 is 34.5. The van der Waals surface area contributed by atoms with E-state index in [1.54, 1.807) is 0 Å². The van der Waals surface area contributed by atoms with Crippen LogP contribution < -0.4 is 5.73 Å². The van der Waals surface area contributed by atoms with Crippen molar-refractivity contribution >= 4 is 22.1 Å². The number of carbonyl (C=O) groups is 2. The smallest absolute Gasteiger partial charge is 0.324 e. The minimum atomic E-state index is -3.86. The molecule has 172 valence electrons. The number of nitrogens with two attached hydrogens (primary N) is 1. The number of nitrogens with zero attached hydrogens (tertiary/aromatic N) is 2. The zero-order valence-corrected chi connectivity index (χ0v) is 18.8. The molecule has 3 rings (SSSR count). The largest absolute Gasteiger partial charge is 0.464 e. The van der Waals surface area contributed by atoms with Gasteiger partial charge in [0, 0.05) is 19.6 Å². The van der Waals surface area contributed by atoms with E-state index in [-0.39, 0.29) is 19.7 Å². The average molecular weight is 452 g/mol. The van der Waals surface area contributed by atoms with E-state index in [0.717, 1.165) is 25.7 Å². The maximum atomic E-state index is 13.2. The van der Waals surface area contributed by atoms with Crippen LogP contribution in [0.2, 0.25) is 0 Å². The molecule has 1 aromatic rings. The van der Waals surface area contributed by atoms with Crippen LogP contribution in [-0.4, -0.2) is 61.2 Å². The molecule has 2 N–H and O–H groups in total. The minimum absolute atomic E-state index is 0.0788. The highest BCUT2D eigenvalue weighted by molar-refractivity contribution is 7.86. The fraction of sp³-hybridized carbons (Fsp3) is 0.636. The molecule has 0 aliphatic carbocycles. The van der Waals surface area contributed by atoms with Crippen LogP contribution in [-0.2, 0) is 31.0 Å². The standard InChI is InChI=1S/C22H33N3O5S/c23-21(26)19-12-8-14-24(17-19)31(28,29)25-15-6-4-13-20(25)22(27)30-16-7-5-11-18-9-2-1-3-10-18/h1-3,9-10,19-20H,4-8,11-17H2,(H2,23,26)/t19?,20-/m1/s1. The van der Waals surface area contributed by atoms with E-state index in [2.05, 4.69) is 12.1 Å². The summed E-state index contributed by atoms with van der Waals surface area (Å²) in [7, 11) is -3.86. The van der Waals surface area contributed by atoms with Gasteiger partial charge < -0.3 is 10.5 Å². The van der Waals surface area contributed by atoms with Gasteiger partial charge in [0.15, 0.2) is 0 Å². The van der Waals surface area contributed by atoms with E-state index < -0.39 is 34.0 Å². The lowest BCUT2D eigenvalue weighted by atomic mass is 9.99. The summed E-state index contributed by atoms with van der Waals surface area (Å²) in [6.45, 7) is 0.983. The third kappa shape index (κ3) is 6.27. The third-order valence-corrected chi connectivity index (χ3v) is 8.10. The van der Waals surface area contributed by atoms with Gasteiger partial charge in [0.2, 0.25) is 5.91 Å². The SMILES string of the molecule is NC(=O)C1CCCN(S(=O)(=O)N2CCCC[C@@H]2C(=O)OCCCCc2ccccc2)C1. The molecular formula is C22H33N3O5S. The number of hydrogen-bond donors (Lipinski definition) is 1. The summed E-state index contributed by atoms with van der Waals surface area (Å²) >= 11 is 0. The minimum Gasteiger partial charge on any atom is -0.464 e. The number of benzene rings is 1. The predicted octanol–water partition coefficient (Wildman–Crippen LogP) is 1.85. The van der Waals surface area contributed by atoms with E-state index in [0.29, 0.717) is 32.2 Å². The second kappa shape index (κ2) is 11.1. The number of piperidine rings is 2. The molecule has 2 atom stereocenters. The van der Waals surface area contributed by atoms with Crippen molar-refractivity contribution in [2.24, 2.45) is 11.7 Å². The molecule has 0 aromatic heterocycles. The van der Waals surface area contributed by atoms with Gasteiger partial charge in [0.1, 0.15) is 6.04 Å². The molecule has 1 unspecified atom stereocenters. The number of rotatable bonds is 9. The molecule has 2 heterocycles. The lowest BCUT2D eigenvalue weighted by Crippen LogP contribution is -2.56. The van der Waals surface area contributed by atoms with Crippen molar-refractivity contribution in [1.29, 1.82) is 0 Å². The van der Waals surface area contributed by atoms with E-state index >= 15 is 0 Å². The van der Waals surface area contributed by atoms with Gasteiger partial charge in [0.25, 0.3) is 10.2 Å². The number of unbranched alkanes of at least 4 members (excludes halogenated alkanes) is 1. The van der Waals surface area contributed by atoms with Crippen molar-refractivity contribution in [3.8, 4) is 0 Å². The van der Waals surface area contributed by atoms with Gasteiger partial charge in [-0.25, -0.2) is 0 Å². The van der Waals surface area contributed by atoms with Crippen molar-refractivity contribution in [3.63, 3.8) is 0 Å². The number of carbonyl (C=O) groups excluding carboxylic acids is 2. The van der Waals surface area contributed by atoms with E-state index in [1.165, 1.54) is 14.2 Å². The summed E-state index contributed by atoms with van der Waals surface area (Å²) in [5, 5.41) is 0. The molecular weight excluding hydrogens is 418 g/mol. The second-order valence-electron chi connectivity index (χ2n) is 8.34. The summed E-state index contributed by atoms with van der Waals surface area (Å²) in [4.78, 5) is 24.3. The lowest BCUT2D eigenvalue weighted by molar-refractivity contribution is -0.149. The summed E-state index contributed by atoms with van der Waals surface area (Å²) in [6, 6.07) is 9.32. The number of amides is 1. The first-order valence-electron chi connectivity index (χ1n) is 11.2. The van der Waals surface area contributed by atoms with Crippen LogP contribution >= 0.6 is 0 Å². The van der Waals surface area contributed by atoms with E-state index in [4.69, 9.17) is 10.5 Å². The Kier molecular flexibility index (Phi) is 8.45. The molecule has 2 saturated heterocycles. The first-order chi connectivity index (χ1) is 14.9. The monoisotopic (exact) mass is 451 g/mol. The molecule has 1 aromatic carbocycles. The first-order valence-corrected chi connectivity index (χ1v) is 12.6. The molecule has 31 heavy (non-hydrogen) atoms. The Hall–Kier alpha value is -1.97. The number of primary amides is 1. The van der Waals surface area contributed by atoms with E-state index in [9.17, 15) is 18.0 Å². The van der Waals surface area contributed by atoms with Gasteiger partial charge in [-0.1, -0.05) is 30.3 Å². The van der Waals surface area contributed by atoms with Gasteiger partial charge >= 0.3 is 5.97 Å². The van der Waals surface area contributed by atoms with Crippen LogP contribution in [0.25, 0.3) is 0 Å². The Morgan fingerprint density at radius 1 is 1.03 bits per heavy atom. The van der Waals surface area contributed by atoms with Crippen molar-refractivity contribution < 1.29 is 22.7 Å². The Labute approximate surface area is 184 Å². The highest BCUT2D eigenvalue weighted by Crippen LogP contribution is 2.27. The third-order valence-electron chi connectivity index (χ3n) is 6.08. The lowest BCUT2D eigenvalue weighted by Gasteiger charge is -2.39. The molecule has 8 nitrogen and oxygen atoms in total. The molecule has 9 heteroatoms. The van der Waals surface area contributed by atoms with Crippen LogP contribution in [0.5, 0.6) is 0 Å². The van der Waals surface area contributed by atoms with Gasteiger partial charge in [-0.3, -0.25) is 9.59 Å². The first kappa shape index (κ1) is 23.7. The van der Waals surface area contributed by atoms with E-state index in [1.807, 2.05) is 18.2 Å². The highest BCUT2D eigenvalue weighted by atomic mass is 32.2. The van der Waals surface area contributed by atoms with Gasteiger partial charge in [-0.2, -0.15) is 17.0 Å². The fourth-order valence-corrected chi connectivity index (χ4v) is 6.19. The number of hydrogen-bond acceptors (Lipinski definition) is 5. The van der Waals surface area contributed by atoms with Crippen LogP contribution in [0, 0.1) is 5.92 Å². The molecule has 1 amide bonds. The van der Waals surface area contributed by atoms with Crippen LogP contribution in [0.3, 0.4) is 0 Å². The zero-order valence-electron chi connectivity index (χ0n) is 17.9. The van der Waals surface area contributed by atoms with Gasteiger partial charge in [-0.15, -0.1) is 0 Å². The Morgan fingerprint density at radius 2 is 1.81 bits per heavy atom. The predicted molar refractivity (Wildman–Crippen MR) is 117 cm³/mol. The fourth-order valence-electron chi connectivity index (χ4n) is 4.29. The van der Waals surface area contributed by atoms with Crippen molar-refractivity contribution in [2.45, 2.75) is 57.4 Å². The molecule has 0 bridgehead atoms. The average Bonchev–Trinajstić information content (AvgIpc) is 2.79. The van der Waals surface area contributed by atoms with Crippen LogP contribution in [0.1, 0.15) is 50.5 Å². The number of aryl methyl sites for hydroxylation is 1. The molecule has 0 spiro atoms. The number of ether oxygens (including phenoxy) is 1. The molecule has 2 aliphatic rings. The van der Waals surface area contributed by atoms with Crippen molar-refractivity contribution in [3.05, 3.63) is 35.9 Å². The maximum absolute atomic E-state index is 13.2. The summed E-state index contributed by atoms with van der Waals surface area (Å²) in [5.41, 5.74) is 6.64. The molecule has 2 fully saturated rings. The Morgan fingerprint density at radius 3 is 2.55 bits per heavy atom. The van der Waals surface area contributed by atoms with Gasteiger partial charge in [-0.05, 0) is 56.9 Å². The Bertz CT molecular complexity index is 846. The van der Waals surface area contributed by atoms with Gasteiger partial charge in [0.05, 0.1) is 12.5 Å². The quantitative estimate of drug-likeness (QED) is 0.455. The summed E-state index contributed by atoms with van der Waals surface area (Å²) in [5.74, 6) is -1.44. The highest BCUT2D eigenvalue weighted by Gasteiger charge is 2.42. The maximum Gasteiger partial charge on any atom is 0.324 e. The Balaban J connectivity index is 1.54. The summed E-state index contributed by atoms with van der Waals surface area (Å²) in [6.07, 6.45) is 5.65. The molecule has 2 aliphatic heterocycles. The molecule has 0 radical (unpaired) electrons. The topological polar surface area (TPSA) is 110 Å². The van der Waals surface area contributed by atoms with Crippen molar-refractivity contribution in [1.82, 2.24) is 8.61 Å². The normalized spacial score (nSPS) is 23.4. The van der Waals surface area contributed by atoms with Crippen molar-refractivity contribution in [2.75, 3.05) is 26.2 Å².